The highest BCUT2D eigenvalue weighted by atomic mass is 79.9. The highest BCUT2D eigenvalue weighted by Crippen LogP contribution is 2.38. The van der Waals surface area contributed by atoms with Gasteiger partial charge in [0.25, 0.3) is 5.91 Å². The summed E-state index contributed by atoms with van der Waals surface area (Å²) >= 11 is 3.46. The third-order valence-electron chi connectivity index (χ3n) is 4.99. The van der Waals surface area contributed by atoms with Gasteiger partial charge in [-0.05, 0) is 47.2 Å². The molecule has 4 rings (SSSR count). The third-order valence-corrected chi connectivity index (χ3v) is 5.62. The van der Waals surface area contributed by atoms with Gasteiger partial charge in [0.05, 0.1) is 17.6 Å². The second-order valence-corrected chi connectivity index (χ2v) is 8.03. The minimum atomic E-state index is -0.255. The van der Waals surface area contributed by atoms with Crippen LogP contribution in [0.15, 0.2) is 39.2 Å². The van der Waals surface area contributed by atoms with Gasteiger partial charge in [-0.2, -0.15) is 0 Å². The van der Waals surface area contributed by atoms with Crippen molar-refractivity contribution in [2.24, 2.45) is 0 Å². The second kappa shape index (κ2) is 8.55. The molecule has 28 heavy (non-hydrogen) atoms. The Morgan fingerprint density at radius 3 is 2.86 bits per heavy atom. The smallest absolute Gasteiger partial charge is 0.287 e. The zero-order valence-electron chi connectivity index (χ0n) is 15.8. The number of amides is 1. The van der Waals surface area contributed by atoms with Gasteiger partial charge in [0, 0.05) is 26.2 Å². The molecule has 0 unspecified atom stereocenters. The van der Waals surface area contributed by atoms with Crippen LogP contribution in [0.5, 0.6) is 11.5 Å². The van der Waals surface area contributed by atoms with Crippen LogP contribution in [-0.4, -0.2) is 68.2 Å². The van der Waals surface area contributed by atoms with Crippen LogP contribution in [0.25, 0.3) is 0 Å². The maximum absolute atomic E-state index is 12.4. The minimum Gasteiger partial charge on any atom is -0.486 e. The van der Waals surface area contributed by atoms with Crippen LogP contribution in [0, 0.1) is 0 Å². The average molecular weight is 450 g/mol. The van der Waals surface area contributed by atoms with E-state index in [9.17, 15) is 4.79 Å². The fraction of sp³-hybridized carbons (Fsp3) is 0.450. The molecule has 0 aliphatic carbocycles. The van der Waals surface area contributed by atoms with Gasteiger partial charge in [0.2, 0.25) is 0 Å². The summed E-state index contributed by atoms with van der Waals surface area (Å²) in [7, 11) is 2.13. The summed E-state index contributed by atoms with van der Waals surface area (Å²) < 4.78 is 18.2. The van der Waals surface area contributed by atoms with Crippen molar-refractivity contribution in [2.45, 2.75) is 12.6 Å². The Kier molecular flexibility index (Phi) is 5.89. The summed E-state index contributed by atoms with van der Waals surface area (Å²) in [6.07, 6.45) is -0.255. The van der Waals surface area contributed by atoms with Crippen molar-refractivity contribution >= 4 is 21.8 Å². The van der Waals surface area contributed by atoms with Crippen molar-refractivity contribution < 1.29 is 18.7 Å². The number of rotatable bonds is 5. The number of nitrogens with zero attached hydrogens (tertiary/aromatic N) is 2. The number of hydrogen-bond donors (Lipinski definition) is 1. The van der Waals surface area contributed by atoms with E-state index in [-0.39, 0.29) is 12.0 Å². The summed E-state index contributed by atoms with van der Waals surface area (Å²) in [5.74, 6) is 2.26. The van der Waals surface area contributed by atoms with Crippen LogP contribution in [0.1, 0.15) is 16.3 Å². The number of carbonyl (C=O) groups excluding carboxylic acids is 1. The first kappa shape index (κ1) is 19.3. The lowest BCUT2D eigenvalue weighted by Gasteiger charge is -2.31. The Morgan fingerprint density at radius 1 is 1.21 bits per heavy atom. The predicted molar refractivity (Wildman–Crippen MR) is 108 cm³/mol. The van der Waals surface area contributed by atoms with Crippen LogP contribution >= 0.6 is 15.9 Å². The summed E-state index contributed by atoms with van der Waals surface area (Å²) in [6.45, 7) is 5.58. The molecule has 2 aliphatic rings. The van der Waals surface area contributed by atoms with E-state index in [4.69, 9.17) is 13.9 Å². The summed E-state index contributed by atoms with van der Waals surface area (Å²) in [5.41, 5.74) is 0. The maximum atomic E-state index is 12.4. The van der Waals surface area contributed by atoms with E-state index in [0.29, 0.717) is 30.4 Å². The Labute approximate surface area is 172 Å². The zero-order chi connectivity index (χ0) is 19.5. The summed E-state index contributed by atoms with van der Waals surface area (Å²) in [5, 5.41) is 2.87. The van der Waals surface area contributed by atoms with E-state index in [1.165, 1.54) is 0 Å². The molecule has 1 atom stereocenters. The molecule has 0 bridgehead atoms. The van der Waals surface area contributed by atoms with Crippen LogP contribution in [0.3, 0.4) is 0 Å². The van der Waals surface area contributed by atoms with Crippen molar-refractivity contribution in [3.05, 3.63) is 46.3 Å². The Balaban J connectivity index is 1.28. The first-order chi connectivity index (χ1) is 13.6. The van der Waals surface area contributed by atoms with Crippen LogP contribution in [-0.2, 0) is 6.54 Å². The summed E-state index contributed by atoms with van der Waals surface area (Å²) in [4.78, 5) is 17.1. The fourth-order valence-electron chi connectivity index (χ4n) is 3.31. The molecule has 1 fully saturated rings. The predicted octanol–water partition coefficient (Wildman–Crippen LogP) is 2.36. The van der Waals surface area contributed by atoms with E-state index in [0.717, 1.165) is 43.0 Å². The molecule has 2 aromatic rings. The largest absolute Gasteiger partial charge is 0.486 e. The molecular weight excluding hydrogens is 426 g/mol. The molecule has 3 heterocycles. The van der Waals surface area contributed by atoms with E-state index in [1.807, 2.05) is 24.3 Å². The van der Waals surface area contributed by atoms with Gasteiger partial charge in [0.15, 0.2) is 23.4 Å². The molecule has 1 aromatic carbocycles. The number of furan rings is 1. The number of fused-ring (bicyclic) bond motifs is 1. The Morgan fingerprint density at radius 2 is 2.04 bits per heavy atom. The van der Waals surface area contributed by atoms with E-state index in [2.05, 4.69) is 38.1 Å². The van der Waals surface area contributed by atoms with Crippen molar-refractivity contribution in [3.8, 4) is 11.5 Å². The van der Waals surface area contributed by atoms with Crippen molar-refractivity contribution in [3.63, 3.8) is 0 Å². The average Bonchev–Trinajstić information content (AvgIpc) is 3.17. The number of nitrogens with one attached hydrogen (secondary N) is 1. The minimum absolute atomic E-state index is 0.244. The number of benzene rings is 1. The molecule has 1 N–H and O–H groups in total. The Bertz CT molecular complexity index is 833. The molecule has 1 aromatic heterocycles. The van der Waals surface area contributed by atoms with Crippen molar-refractivity contribution in [2.75, 3.05) is 46.4 Å². The lowest BCUT2D eigenvalue weighted by molar-refractivity contribution is 0.0765. The highest BCUT2D eigenvalue weighted by molar-refractivity contribution is 9.10. The maximum Gasteiger partial charge on any atom is 0.287 e. The number of likely N-dealkylation sites (N-methyl/N-ethyl adjacent to an activating group) is 1. The molecule has 1 saturated heterocycles. The number of para-hydroxylation sites is 1. The van der Waals surface area contributed by atoms with Gasteiger partial charge < -0.3 is 24.1 Å². The van der Waals surface area contributed by atoms with Crippen LogP contribution < -0.4 is 14.8 Å². The molecule has 0 radical (unpaired) electrons. The Hall–Kier alpha value is -2.03. The molecule has 8 heteroatoms. The number of ether oxygens (including phenoxy) is 2. The SMILES string of the molecule is CN1CCN(Cc2ccc(C(=O)NC[C@H]3COc4cccc(Br)c4O3)o2)CC1. The monoisotopic (exact) mass is 449 g/mol. The number of halogens is 1. The quantitative estimate of drug-likeness (QED) is 0.755. The summed E-state index contributed by atoms with van der Waals surface area (Å²) in [6, 6.07) is 9.25. The molecule has 0 spiro atoms. The fourth-order valence-corrected chi connectivity index (χ4v) is 3.75. The van der Waals surface area contributed by atoms with E-state index < -0.39 is 0 Å². The normalized spacial score (nSPS) is 20.1. The van der Waals surface area contributed by atoms with Gasteiger partial charge in [-0.1, -0.05) is 6.07 Å². The van der Waals surface area contributed by atoms with E-state index >= 15 is 0 Å². The number of piperazine rings is 1. The molecule has 2 aliphatic heterocycles. The molecule has 0 saturated carbocycles. The van der Waals surface area contributed by atoms with Gasteiger partial charge in [-0.3, -0.25) is 9.69 Å². The van der Waals surface area contributed by atoms with E-state index in [1.54, 1.807) is 6.07 Å². The number of hydrogen-bond acceptors (Lipinski definition) is 6. The standard InChI is InChI=1S/C20H24BrN3O4/c1-23-7-9-24(10-8-23)12-14-5-6-18(27-14)20(25)22-11-15-13-26-17-4-2-3-16(21)19(17)28-15/h2-6,15H,7-13H2,1H3,(H,22,25)/t15-/m0/s1. The van der Waals surface area contributed by atoms with Crippen LogP contribution in [0.2, 0.25) is 0 Å². The van der Waals surface area contributed by atoms with Gasteiger partial charge in [-0.25, -0.2) is 0 Å². The first-order valence-electron chi connectivity index (χ1n) is 9.44. The van der Waals surface area contributed by atoms with Crippen molar-refractivity contribution in [1.29, 1.82) is 0 Å². The first-order valence-corrected chi connectivity index (χ1v) is 10.2. The molecule has 7 nitrogen and oxygen atoms in total. The van der Waals surface area contributed by atoms with Gasteiger partial charge in [0.1, 0.15) is 12.4 Å². The third kappa shape index (κ3) is 4.51. The second-order valence-electron chi connectivity index (χ2n) is 7.17. The van der Waals surface area contributed by atoms with Crippen molar-refractivity contribution in [1.82, 2.24) is 15.1 Å². The zero-order valence-corrected chi connectivity index (χ0v) is 17.4. The van der Waals surface area contributed by atoms with Gasteiger partial charge >= 0.3 is 0 Å². The molecule has 150 valence electrons. The van der Waals surface area contributed by atoms with Crippen LogP contribution in [0.4, 0.5) is 0 Å². The molecular formula is C20H24BrN3O4. The lowest BCUT2D eigenvalue weighted by atomic mass is 10.2. The lowest BCUT2D eigenvalue weighted by Crippen LogP contribution is -2.43. The molecule has 1 amide bonds. The topological polar surface area (TPSA) is 67.2 Å². The number of carbonyl (C=O) groups is 1. The highest BCUT2D eigenvalue weighted by Gasteiger charge is 2.24. The van der Waals surface area contributed by atoms with Gasteiger partial charge in [-0.15, -0.1) is 0 Å².